The van der Waals surface area contributed by atoms with E-state index in [1.54, 1.807) is 0 Å². The Morgan fingerprint density at radius 3 is 2.70 bits per heavy atom. The SMILES string of the molecule is Cc1cc(C(N)CCCS(C)(=O)=O)nc2ccccc12. The Hall–Kier alpha value is -1.46. The molecule has 0 aliphatic carbocycles. The molecule has 0 bridgehead atoms. The van der Waals surface area contributed by atoms with Crippen LogP contribution in [0, 0.1) is 6.92 Å². The van der Waals surface area contributed by atoms with Crippen LogP contribution in [0.3, 0.4) is 0 Å². The smallest absolute Gasteiger partial charge is 0.147 e. The molecule has 5 heteroatoms. The zero-order valence-corrected chi connectivity index (χ0v) is 12.7. The lowest BCUT2D eigenvalue weighted by Gasteiger charge is -2.13. The number of nitrogens with two attached hydrogens (primary N) is 1. The standard InChI is InChI=1S/C15H20N2O2S/c1-11-10-15(13(16)7-5-9-20(2,18)19)17-14-8-4-3-6-12(11)14/h3-4,6,8,10,13H,5,7,9,16H2,1-2H3. The van der Waals surface area contributed by atoms with Gasteiger partial charge in [0, 0.05) is 23.4 Å². The van der Waals surface area contributed by atoms with Gasteiger partial charge in [-0.1, -0.05) is 18.2 Å². The molecule has 2 rings (SSSR count). The summed E-state index contributed by atoms with van der Waals surface area (Å²) in [6, 6.07) is 9.72. The molecule has 2 N–H and O–H groups in total. The van der Waals surface area contributed by atoms with Crippen molar-refractivity contribution in [3.05, 3.63) is 41.6 Å². The molecule has 1 unspecified atom stereocenters. The maximum Gasteiger partial charge on any atom is 0.147 e. The first-order valence-electron chi connectivity index (χ1n) is 6.66. The summed E-state index contributed by atoms with van der Waals surface area (Å²) in [6.07, 6.45) is 2.43. The molecule has 108 valence electrons. The molecule has 1 aromatic heterocycles. The highest BCUT2D eigenvalue weighted by Crippen LogP contribution is 2.22. The van der Waals surface area contributed by atoms with Crippen LogP contribution in [0.2, 0.25) is 0 Å². The molecule has 0 saturated carbocycles. The van der Waals surface area contributed by atoms with Crippen LogP contribution in [0.1, 0.15) is 30.1 Å². The minimum absolute atomic E-state index is 0.174. The molecule has 20 heavy (non-hydrogen) atoms. The predicted octanol–water partition coefficient (Wildman–Crippen LogP) is 2.37. The normalized spacial score (nSPS) is 13.6. The van der Waals surface area contributed by atoms with Crippen LogP contribution in [-0.4, -0.2) is 25.4 Å². The molecule has 0 saturated heterocycles. The van der Waals surface area contributed by atoms with E-state index in [4.69, 9.17) is 5.73 Å². The molecular formula is C15H20N2O2S. The first-order valence-corrected chi connectivity index (χ1v) is 8.72. The lowest BCUT2D eigenvalue weighted by molar-refractivity contribution is 0.585. The summed E-state index contributed by atoms with van der Waals surface area (Å²) >= 11 is 0. The summed E-state index contributed by atoms with van der Waals surface area (Å²) in [7, 11) is -2.92. The van der Waals surface area contributed by atoms with Crippen molar-refractivity contribution >= 4 is 20.7 Å². The number of sulfone groups is 1. The molecule has 2 aromatic rings. The maximum absolute atomic E-state index is 11.1. The Kier molecular flexibility index (Phi) is 4.40. The molecule has 0 spiro atoms. The van der Waals surface area contributed by atoms with Gasteiger partial charge in [-0.05, 0) is 37.5 Å². The Labute approximate surface area is 119 Å². The van der Waals surface area contributed by atoms with Crippen molar-refractivity contribution in [2.75, 3.05) is 12.0 Å². The molecule has 1 aromatic carbocycles. The van der Waals surface area contributed by atoms with Crippen molar-refractivity contribution in [2.45, 2.75) is 25.8 Å². The van der Waals surface area contributed by atoms with E-state index < -0.39 is 9.84 Å². The number of aryl methyl sites for hydroxylation is 1. The van der Waals surface area contributed by atoms with E-state index in [1.807, 2.05) is 37.3 Å². The summed E-state index contributed by atoms with van der Waals surface area (Å²) in [6.45, 7) is 2.04. The van der Waals surface area contributed by atoms with Gasteiger partial charge in [0.1, 0.15) is 9.84 Å². The average Bonchev–Trinajstić information content (AvgIpc) is 2.37. The number of nitrogens with zero attached hydrogens (tertiary/aromatic N) is 1. The Bertz CT molecular complexity index is 711. The highest BCUT2D eigenvalue weighted by molar-refractivity contribution is 7.90. The summed E-state index contributed by atoms with van der Waals surface area (Å²) < 4.78 is 22.2. The Morgan fingerprint density at radius 2 is 2.00 bits per heavy atom. The summed E-state index contributed by atoms with van der Waals surface area (Å²) in [5.41, 5.74) is 9.03. The lowest BCUT2D eigenvalue weighted by Crippen LogP contribution is -2.14. The second-order valence-electron chi connectivity index (χ2n) is 5.26. The molecule has 0 aliphatic rings. The van der Waals surface area contributed by atoms with E-state index in [9.17, 15) is 8.42 Å². The second kappa shape index (κ2) is 5.89. The topological polar surface area (TPSA) is 73.1 Å². The van der Waals surface area contributed by atoms with E-state index in [-0.39, 0.29) is 11.8 Å². The summed E-state index contributed by atoms with van der Waals surface area (Å²) in [5, 5.41) is 1.12. The number of fused-ring (bicyclic) bond motifs is 1. The van der Waals surface area contributed by atoms with E-state index in [2.05, 4.69) is 4.98 Å². The van der Waals surface area contributed by atoms with Crippen LogP contribution >= 0.6 is 0 Å². The van der Waals surface area contributed by atoms with Crippen molar-refractivity contribution < 1.29 is 8.42 Å². The predicted molar refractivity (Wildman–Crippen MR) is 82.4 cm³/mol. The number of rotatable bonds is 5. The zero-order valence-electron chi connectivity index (χ0n) is 11.8. The zero-order chi connectivity index (χ0) is 14.8. The lowest BCUT2D eigenvalue weighted by atomic mass is 10.0. The third-order valence-corrected chi connectivity index (χ3v) is 4.38. The maximum atomic E-state index is 11.1. The minimum Gasteiger partial charge on any atom is -0.323 e. The van der Waals surface area contributed by atoms with Gasteiger partial charge in [0.2, 0.25) is 0 Å². The number of para-hydroxylation sites is 1. The summed E-state index contributed by atoms with van der Waals surface area (Å²) in [4.78, 5) is 4.58. The van der Waals surface area contributed by atoms with E-state index in [0.717, 1.165) is 22.2 Å². The monoisotopic (exact) mass is 292 g/mol. The van der Waals surface area contributed by atoms with Crippen LogP contribution in [0.4, 0.5) is 0 Å². The molecule has 0 radical (unpaired) electrons. The first-order chi connectivity index (χ1) is 9.37. The van der Waals surface area contributed by atoms with Crippen molar-refractivity contribution in [1.82, 2.24) is 4.98 Å². The molecular weight excluding hydrogens is 272 g/mol. The fraction of sp³-hybridized carbons (Fsp3) is 0.400. The van der Waals surface area contributed by atoms with Crippen molar-refractivity contribution in [3.63, 3.8) is 0 Å². The molecule has 0 fully saturated rings. The molecule has 4 nitrogen and oxygen atoms in total. The van der Waals surface area contributed by atoms with Gasteiger partial charge in [-0.15, -0.1) is 0 Å². The highest BCUT2D eigenvalue weighted by Gasteiger charge is 2.11. The van der Waals surface area contributed by atoms with Crippen molar-refractivity contribution in [3.8, 4) is 0 Å². The molecule has 0 aliphatic heterocycles. The van der Waals surface area contributed by atoms with E-state index in [1.165, 1.54) is 6.26 Å². The van der Waals surface area contributed by atoms with Gasteiger partial charge >= 0.3 is 0 Å². The van der Waals surface area contributed by atoms with Gasteiger partial charge in [-0.2, -0.15) is 0 Å². The van der Waals surface area contributed by atoms with Crippen LogP contribution < -0.4 is 5.73 Å². The fourth-order valence-corrected chi connectivity index (χ4v) is 2.97. The number of aromatic nitrogens is 1. The van der Waals surface area contributed by atoms with Gasteiger partial charge in [-0.25, -0.2) is 8.42 Å². The molecule has 0 amide bonds. The van der Waals surface area contributed by atoms with Gasteiger partial charge < -0.3 is 5.73 Å². The third kappa shape index (κ3) is 3.77. The van der Waals surface area contributed by atoms with E-state index >= 15 is 0 Å². The van der Waals surface area contributed by atoms with Gasteiger partial charge in [0.05, 0.1) is 11.2 Å². The number of hydrogen-bond acceptors (Lipinski definition) is 4. The molecule has 1 atom stereocenters. The van der Waals surface area contributed by atoms with Crippen LogP contribution in [-0.2, 0) is 9.84 Å². The van der Waals surface area contributed by atoms with Crippen molar-refractivity contribution in [2.24, 2.45) is 5.73 Å². The Morgan fingerprint density at radius 1 is 1.30 bits per heavy atom. The van der Waals surface area contributed by atoms with Gasteiger partial charge in [0.25, 0.3) is 0 Å². The number of hydrogen-bond donors (Lipinski definition) is 1. The quantitative estimate of drug-likeness (QED) is 0.918. The second-order valence-corrected chi connectivity index (χ2v) is 7.52. The van der Waals surface area contributed by atoms with Crippen LogP contribution in [0.15, 0.2) is 30.3 Å². The van der Waals surface area contributed by atoms with Crippen LogP contribution in [0.5, 0.6) is 0 Å². The average molecular weight is 292 g/mol. The third-order valence-electron chi connectivity index (χ3n) is 3.35. The minimum atomic E-state index is -2.92. The fourth-order valence-electron chi connectivity index (χ4n) is 2.28. The Balaban J connectivity index is 2.16. The number of benzene rings is 1. The van der Waals surface area contributed by atoms with E-state index in [0.29, 0.717) is 12.8 Å². The van der Waals surface area contributed by atoms with Gasteiger partial charge in [0.15, 0.2) is 0 Å². The summed E-state index contributed by atoms with van der Waals surface area (Å²) in [5.74, 6) is 0.174. The largest absolute Gasteiger partial charge is 0.323 e. The van der Waals surface area contributed by atoms with Crippen molar-refractivity contribution in [1.29, 1.82) is 0 Å². The first kappa shape index (κ1) is 14.9. The van der Waals surface area contributed by atoms with Crippen LogP contribution in [0.25, 0.3) is 10.9 Å². The molecule has 1 heterocycles. The number of pyridine rings is 1. The highest BCUT2D eigenvalue weighted by atomic mass is 32.2. The van der Waals surface area contributed by atoms with Gasteiger partial charge in [-0.3, -0.25) is 4.98 Å².